The number of amides is 1. The van der Waals surface area contributed by atoms with Crippen molar-refractivity contribution in [3.8, 4) is 11.5 Å². The predicted molar refractivity (Wildman–Crippen MR) is 133 cm³/mol. The number of carbonyl (C=O) groups excluding carboxylic acids is 1. The monoisotopic (exact) mass is 458 g/mol. The number of benzene rings is 2. The Kier molecular flexibility index (Phi) is 9.94. The van der Waals surface area contributed by atoms with Crippen LogP contribution in [0, 0.1) is 19.3 Å². The fourth-order valence-corrected chi connectivity index (χ4v) is 3.22. The summed E-state index contributed by atoms with van der Waals surface area (Å²) >= 11 is 5.33. The molecule has 0 aliphatic rings. The zero-order valence-corrected chi connectivity index (χ0v) is 20.4. The highest BCUT2D eigenvalue weighted by atomic mass is 32.1. The highest BCUT2D eigenvalue weighted by molar-refractivity contribution is 7.80. The molecule has 0 bridgehead atoms. The Bertz CT molecular complexity index is 915. The second-order valence-corrected chi connectivity index (χ2v) is 8.79. The van der Waals surface area contributed by atoms with E-state index in [1.54, 1.807) is 7.11 Å². The molecule has 174 valence electrons. The van der Waals surface area contributed by atoms with E-state index in [9.17, 15) is 4.79 Å². The van der Waals surface area contributed by atoms with Gasteiger partial charge in [-0.2, -0.15) is 0 Å². The third kappa shape index (κ3) is 8.48. The van der Waals surface area contributed by atoms with Crippen LogP contribution in [-0.4, -0.2) is 38.0 Å². The van der Waals surface area contributed by atoms with Gasteiger partial charge in [0.15, 0.2) is 5.11 Å². The standard InChI is InChI=1S/C25H34N2O4S/c1-18-10-11-19(2)22(16-18)31-13-7-12-25(3,4)23(28)27-24(32)26-20-8-6-9-21(17-20)30-15-14-29-5/h6,8-11,16-17H,7,12-15H2,1-5H3,(H2,26,27,28,32). The topological polar surface area (TPSA) is 68.8 Å². The van der Waals surface area contributed by atoms with Crippen molar-refractivity contribution in [2.45, 2.75) is 40.5 Å². The summed E-state index contributed by atoms with van der Waals surface area (Å²) < 4.78 is 16.5. The molecule has 6 nitrogen and oxygen atoms in total. The number of anilines is 1. The van der Waals surface area contributed by atoms with Gasteiger partial charge in [0.1, 0.15) is 18.1 Å². The van der Waals surface area contributed by atoms with Gasteiger partial charge in [-0.25, -0.2) is 0 Å². The van der Waals surface area contributed by atoms with E-state index >= 15 is 0 Å². The largest absolute Gasteiger partial charge is 0.493 e. The van der Waals surface area contributed by atoms with Crippen LogP contribution in [0.15, 0.2) is 42.5 Å². The number of hydrogen-bond acceptors (Lipinski definition) is 5. The lowest BCUT2D eigenvalue weighted by Gasteiger charge is -2.24. The van der Waals surface area contributed by atoms with Crippen LogP contribution in [0.2, 0.25) is 0 Å². The van der Waals surface area contributed by atoms with E-state index in [0.29, 0.717) is 32.0 Å². The Hall–Kier alpha value is -2.64. The zero-order valence-electron chi connectivity index (χ0n) is 19.6. The Morgan fingerprint density at radius 2 is 1.81 bits per heavy atom. The second-order valence-electron chi connectivity index (χ2n) is 8.38. The Morgan fingerprint density at radius 1 is 1.03 bits per heavy atom. The predicted octanol–water partition coefficient (Wildman–Crippen LogP) is 5.03. The Morgan fingerprint density at radius 3 is 2.56 bits per heavy atom. The summed E-state index contributed by atoms with van der Waals surface area (Å²) in [7, 11) is 1.63. The highest BCUT2D eigenvalue weighted by Crippen LogP contribution is 2.24. The van der Waals surface area contributed by atoms with Crippen molar-refractivity contribution in [1.29, 1.82) is 0 Å². The minimum Gasteiger partial charge on any atom is -0.493 e. The molecule has 32 heavy (non-hydrogen) atoms. The van der Waals surface area contributed by atoms with Crippen molar-refractivity contribution in [3.63, 3.8) is 0 Å². The maximum absolute atomic E-state index is 12.8. The summed E-state index contributed by atoms with van der Waals surface area (Å²) in [5.74, 6) is 1.46. The van der Waals surface area contributed by atoms with Crippen molar-refractivity contribution in [2.24, 2.45) is 5.41 Å². The number of ether oxygens (including phenoxy) is 3. The number of aryl methyl sites for hydroxylation is 2. The van der Waals surface area contributed by atoms with E-state index in [0.717, 1.165) is 23.4 Å². The molecule has 1 amide bonds. The summed E-state index contributed by atoms with van der Waals surface area (Å²) in [6, 6.07) is 13.5. The number of carbonyl (C=O) groups is 1. The minimum absolute atomic E-state index is 0.130. The van der Waals surface area contributed by atoms with Crippen LogP contribution in [0.3, 0.4) is 0 Å². The summed E-state index contributed by atoms with van der Waals surface area (Å²) in [5.41, 5.74) is 2.43. The molecule has 0 aliphatic heterocycles. The lowest BCUT2D eigenvalue weighted by atomic mass is 9.87. The molecule has 0 radical (unpaired) electrons. The van der Waals surface area contributed by atoms with Gasteiger partial charge in [0, 0.05) is 24.3 Å². The lowest BCUT2D eigenvalue weighted by molar-refractivity contribution is -0.128. The zero-order chi connectivity index (χ0) is 23.6. The smallest absolute Gasteiger partial charge is 0.231 e. The summed E-state index contributed by atoms with van der Waals surface area (Å²) in [5, 5.41) is 6.09. The van der Waals surface area contributed by atoms with Gasteiger partial charge in [0.2, 0.25) is 5.91 Å². The molecule has 0 aromatic heterocycles. The molecule has 0 fully saturated rings. The fourth-order valence-electron chi connectivity index (χ4n) is 3.01. The van der Waals surface area contributed by atoms with Gasteiger partial charge in [-0.1, -0.05) is 32.0 Å². The highest BCUT2D eigenvalue weighted by Gasteiger charge is 2.27. The van der Waals surface area contributed by atoms with E-state index < -0.39 is 5.41 Å². The Labute approximate surface area is 196 Å². The molecule has 0 saturated heterocycles. The molecule has 7 heteroatoms. The first kappa shape index (κ1) is 25.6. The maximum atomic E-state index is 12.8. The SMILES string of the molecule is COCCOc1cccc(NC(=S)NC(=O)C(C)(C)CCCOc2cc(C)ccc2C)c1. The number of nitrogens with one attached hydrogen (secondary N) is 2. The molecule has 0 unspecified atom stereocenters. The van der Waals surface area contributed by atoms with Crippen molar-refractivity contribution < 1.29 is 19.0 Å². The quantitative estimate of drug-likeness (QED) is 0.364. The van der Waals surface area contributed by atoms with Crippen molar-refractivity contribution in [2.75, 3.05) is 32.2 Å². The number of hydrogen-bond donors (Lipinski definition) is 2. The molecule has 0 aliphatic carbocycles. The minimum atomic E-state index is -0.581. The average Bonchev–Trinajstić information content (AvgIpc) is 2.74. The van der Waals surface area contributed by atoms with E-state index in [2.05, 4.69) is 22.8 Å². The molecular weight excluding hydrogens is 424 g/mol. The van der Waals surface area contributed by atoms with E-state index in [4.69, 9.17) is 26.4 Å². The third-order valence-corrected chi connectivity index (χ3v) is 5.24. The molecule has 0 heterocycles. The van der Waals surface area contributed by atoms with Gasteiger partial charge in [0.05, 0.1) is 13.2 Å². The van der Waals surface area contributed by atoms with E-state index in [1.165, 1.54) is 5.56 Å². The van der Waals surface area contributed by atoms with Gasteiger partial charge in [0.25, 0.3) is 0 Å². The fraction of sp³-hybridized carbons (Fsp3) is 0.440. The van der Waals surface area contributed by atoms with Crippen molar-refractivity contribution in [1.82, 2.24) is 5.32 Å². The summed E-state index contributed by atoms with van der Waals surface area (Å²) in [6.45, 7) is 9.42. The molecular formula is C25H34N2O4S. The van der Waals surface area contributed by atoms with Gasteiger partial charge >= 0.3 is 0 Å². The van der Waals surface area contributed by atoms with E-state index in [1.807, 2.05) is 58.0 Å². The molecule has 2 aromatic carbocycles. The van der Waals surface area contributed by atoms with Crippen LogP contribution in [0.5, 0.6) is 11.5 Å². The van der Waals surface area contributed by atoms with Crippen LogP contribution in [0.25, 0.3) is 0 Å². The molecule has 2 aromatic rings. The van der Waals surface area contributed by atoms with Crippen LogP contribution < -0.4 is 20.1 Å². The second kappa shape index (κ2) is 12.4. The van der Waals surface area contributed by atoms with Crippen molar-refractivity contribution in [3.05, 3.63) is 53.6 Å². The molecule has 2 rings (SSSR count). The number of thiocarbonyl (C=S) groups is 1. The van der Waals surface area contributed by atoms with E-state index in [-0.39, 0.29) is 11.0 Å². The Balaban J connectivity index is 1.79. The van der Waals surface area contributed by atoms with Gasteiger partial charge in [-0.05, 0) is 68.2 Å². The number of rotatable bonds is 11. The van der Waals surface area contributed by atoms with Crippen LogP contribution in [-0.2, 0) is 9.53 Å². The normalized spacial score (nSPS) is 11.0. The van der Waals surface area contributed by atoms with Gasteiger partial charge in [-0.3, -0.25) is 4.79 Å². The summed E-state index contributed by atoms with van der Waals surface area (Å²) in [4.78, 5) is 12.8. The molecule has 2 N–H and O–H groups in total. The number of methoxy groups -OCH3 is 1. The lowest BCUT2D eigenvalue weighted by Crippen LogP contribution is -2.42. The summed E-state index contributed by atoms with van der Waals surface area (Å²) in [6.07, 6.45) is 1.43. The molecule has 0 saturated carbocycles. The average molecular weight is 459 g/mol. The third-order valence-electron chi connectivity index (χ3n) is 5.04. The first-order valence-corrected chi connectivity index (χ1v) is 11.2. The van der Waals surface area contributed by atoms with Crippen LogP contribution in [0.1, 0.15) is 37.8 Å². The molecule has 0 spiro atoms. The van der Waals surface area contributed by atoms with Crippen LogP contribution >= 0.6 is 12.2 Å². The van der Waals surface area contributed by atoms with Gasteiger partial charge < -0.3 is 24.8 Å². The van der Waals surface area contributed by atoms with Crippen molar-refractivity contribution >= 4 is 28.9 Å². The molecule has 0 atom stereocenters. The first-order chi connectivity index (χ1) is 15.2. The van der Waals surface area contributed by atoms with Gasteiger partial charge in [-0.15, -0.1) is 0 Å². The first-order valence-electron chi connectivity index (χ1n) is 10.8. The van der Waals surface area contributed by atoms with Crippen LogP contribution in [0.4, 0.5) is 5.69 Å². The maximum Gasteiger partial charge on any atom is 0.231 e.